The van der Waals surface area contributed by atoms with E-state index in [9.17, 15) is 10.2 Å². The third kappa shape index (κ3) is 6.09. The van der Waals surface area contributed by atoms with E-state index in [1.54, 1.807) is 0 Å². The molecule has 24 heavy (non-hydrogen) atoms. The average Bonchev–Trinajstić information content (AvgIpc) is 2.65. The van der Waals surface area contributed by atoms with Crippen LogP contribution in [0.4, 0.5) is 0 Å². The van der Waals surface area contributed by atoms with Gasteiger partial charge in [0.25, 0.3) is 0 Å². The highest BCUT2D eigenvalue weighted by Gasteiger charge is 2.05. The quantitative estimate of drug-likeness (QED) is 0.562. The molecular weight excluding hydrogens is 440 g/mol. The van der Waals surface area contributed by atoms with Crippen LogP contribution in [0, 0.1) is 0 Å². The minimum absolute atomic E-state index is 0.261. The molecule has 0 saturated heterocycles. The fourth-order valence-corrected chi connectivity index (χ4v) is 2.33. The summed E-state index contributed by atoms with van der Waals surface area (Å²) in [4.78, 5) is 0. The van der Waals surface area contributed by atoms with Crippen LogP contribution in [0.25, 0.3) is 11.1 Å². The molecule has 130 valence electrons. The molecule has 0 aromatic heterocycles. The van der Waals surface area contributed by atoms with Crippen molar-refractivity contribution in [2.24, 2.45) is 0 Å². The lowest BCUT2D eigenvalue weighted by molar-refractivity contribution is 0.127. The first-order valence-corrected chi connectivity index (χ1v) is 9.81. The molecule has 0 aliphatic carbocycles. The fraction of sp³-hybridized carbons (Fsp3) is 0.333. The zero-order chi connectivity index (χ0) is 17.4. The number of benzene rings is 2. The van der Waals surface area contributed by atoms with Gasteiger partial charge in [-0.05, 0) is 35.4 Å². The summed E-state index contributed by atoms with van der Waals surface area (Å²) in [7, 11) is 0. The van der Waals surface area contributed by atoms with Gasteiger partial charge in [0.1, 0.15) is 24.7 Å². The summed E-state index contributed by atoms with van der Waals surface area (Å²) in [5.74, 6) is 1.45. The maximum absolute atomic E-state index is 9.47. The van der Waals surface area contributed by atoms with Gasteiger partial charge in [0.05, 0.1) is 12.2 Å². The predicted molar refractivity (Wildman–Crippen MR) is 102 cm³/mol. The van der Waals surface area contributed by atoms with Gasteiger partial charge < -0.3 is 19.7 Å². The number of aliphatic hydroxyl groups is 2. The third-order valence-corrected chi connectivity index (χ3v) is 4.78. The van der Waals surface area contributed by atoms with Crippen LogP contribution in [0.3, 0.4) is 0 Å². The second kappa shape index (κ2) is 10.0. The summed E-state index contributed by atoms with van der Waals surface area (Å²) in [5.41, 5.74) is 2.13. The van der Waals surface area contributed by atoms with Crippen molar-refractivity contribution in [1.29, 1.82) is 0 Å². The summed E-state index contributed by atoms with van der Waals surface area (Å²) in [6, 6.07) is 15.4. The van der Waals surface area contributed by atoms with Gasteiger partial charge in [-0.1, -0.05) is 56.1 Å². The van der Waals surface area contributed by atoms with E-state index in [0.717, 1.165) is 22.6 Å². The molecule has 0 saturated carbocycles. The molecule has 2 atom stereocenters. The standard InChI is InChI=1S/C18H20Br2O4/c19-9-15(21)11-23-17-5-1-13(2-6-17)14-3-7-18(8-4-14)24-12-16(22)10-20/h1-8,15-16,21-22H,9-12H2. The molecule has 4 nitrogen and oxygen atoms in total. The molecule has 0 spiro atoms. The molecule has 0 fully saturated rings. The zero-order valence-electron chi connectivity index (χ0n) is 13.1. The van der Waals surface area contributed by atoms with Crippen molar-refractivity contribution in [3.63, 3.8) is 0 Å². The lowest BCUT2D eigenvalue weighted by Gasteiger charge is -2.11. The average molecular weight is 460 g/mol. The van der Waals surface area contributed by atoms with Crippen molar-refractivity contribution in [3.8, 4) is 22.6 Å². The van der Waals surface area contributed by atoms with Gasteiger partial charge in [-0.15, -0.1) is 0 Å². The minimum atomic E-state index is -0.514. The van der Waals surface area contributed by atoms with E-state index in [1.165, 1.54) is 0 Å². The van der Waals surface area contributed by atoms with E-state index in [4.69, 9.17) is 9.47 Å². The van der Waals surface area contributed by atoms with Crippen LogP contribution >= 0.6 is 31.9 Å². The summed E-state index contributed by atoms with van der Waals surface area (Å²) in [6.45, 7) is 0.522. The molecule has 0 amide bonds. The molecule has 0 aliphatic heterocycles. The third-order valence-electron chi connectivity index (χ3n) is 3.28. The van der Waals surface area contributed by atoms with Crippen molar-refractivity contribution < 1.29 is 19.7 Å². The Morgan fingerprint density at radius 1 is 0.667 bits per heavy atom. The number of ether oxygens (including phenoxy) is 2. The van der Waals surface area contributed by atoms with Crippen LogP contribution in [-0.2, 0) is 0 Å². The molecule has 2 aromatic rings. The highest BCUT2D eigenvalue weighted by Crippen LogP contribution is 2.24. The first-order chi connectivity index (χ1) is 11.6. The molecule has 0 radical (unpaired) electrons. The van der Waals surface area contributed by atoms with Gasteiger partial charge in [0.2, 0.25) is 0 Å². The topological polar surface area (TPSA) is 58.9 Å². The fourth-order valence-electron chi connectivity index (χ4n) is 1.96. The Kier molecular flexibility index (Phi) is 8.05. The number of alkyl halides is 2. The molecule has 6 heteroatoms. The highest BCUT2D eigenvalue weighted by atomic mass is 79.9. The van der Waals surface area contributed by atoms with Gasteiger partial charge in [-0.2, -0.15) is 0 Å². The Morgan fingerprint density at radius 2 is 1.00 bits per heavy atom. The Bertz CT molecular complexity index is 546. The lowest BCUT2D eigenvalue weighted by Crippen LogP contribution is -2.18. The van der Waals surface area contributed by atoms with Crippen molar-refractivity contribution >= 4 is 31.9 Å². The Hall–Kier alpha value is -1.08. The first kappa shape index (κ1) is 19.2. The van der Waals surface area contributed by atoms with E-state index in [0.29, 0.717) is 10.7 Å². The molecule has 0 bridgehead atoms. The largest absolute Gasteiger partial charge is 0.491 e. The molecule has 0 aliphatic rings. The first-order valence-electron chi connectivity index (χ1n) is 7.56. The second-order valence-corrected chi connectivity index (χ2v) is 6.58. The van der Waals surface area contributed by atoms with Crippen LogP contribution in [0.2, 0.25) is 0 Å². The lowest BCUT2D eigenvalue weighted by atomic mass is 10.1. The Morgan fingerprint density at radius 3 is 1.29 bits per heavy atom. The van der Waals surface area contributed by atoms with Crippen LogP contribution in [0.1, 0.15) is 0 Å². The van der Waals surface area contributed by atoms with E-state index in [1.807, 2.05) is 48.5 Å². The summed E-state index contributed by atoms with van der Waals surface area (Å²) in [6.07, 6.45) is -1.03. The maximum Gasteiger partial charge on any atom is 0.119 e. The monoisotopic (exact) mass is 458 g/mol. The van der Waals surface area contributed by atoms with Crippen LogP contribution in [0.5, 0.6) is 11.5 Å². The van der Waals surface area contributed by atoms with E-state index >= 15 is 0 Å². The van der Waals surface area contributed by atoms with Crippen LogP contribution < -0.4 is 9.47 Å². The van der Waals surface area contributed by atoms with E-state index < -0.39 is 12.2 Å². The van der Waals surface area contributed by atoms with Gasteiger partial charge in [-0.3, -0.25) is 0 Å². The Balaban J connectivity index is 1.93. The highest BCUT2D eigenvalue weighted by molar-refractivity contribution is 9.09. The van der Waals surface area contributed by atoms with Gasteiger partial charge in [-0.25, -0.2) is 0 Å². The molecule has 2 unspecified atom stereocenters. The number of halogens is 2. The summed E-state index contributed by atoms with van der Waals surface area (Å²) < 4.78 is 11.0. The number of rotatable bonds is 9. The molecular formula is C18H20Br2O4. The van der Waals surface area contributed by atoms with Crippen molar-refractivity contribution in [1.82, 2.24) is 0 Å². The van der Waals surface area contributed by atoms with Crippen LogP contribution in [0.15, 0.2) is 48.5 Å². The number of hydrogen-bond acceptors (Lipinski definition) is 4. The molecule has 2 rings (SSSR count). The molecule has 2 aromatic carbocycles. The van der Waals surface area contributed by atoms with E-state index in [2.05, 4.69) is 31.9 Å². The van der Waals surface area contributed by atoms with Gasteiger partial charge in [0.15, 0.2) is 0 Å². The second-order valence-electron chi connectivity index (χ2n) is 5.29. The SMILES string of the molecule is OC(CBr)COc1ccc(-c2ccc(OCC(O)CBr)cc2)cc1. The normalized spacial score (nSPS) is 13.3. The molecule has 0 heterocycles. The van der Waals surface area contributed by atoms with Gasteiger partial charge in [0, 0.05) is 10.7 Å². The predicted octanol–water partition coefficient (Wildman–Crippen LogP) is 3.62. The summed E-state index contributed by atoms with van der Waals surface area (Å²) in [5, 5.41) is 19.9. The zero-order valence-corrected chi connectivity index (χ0v) is 16.2. The van der Waals surface area contributed by atoms with Crippen molar-refractivity contribution in [3.05, 3.63) is 48.5 Å². The summed E-state index contributed by atoms with van der Waals surface area (Å²) >= 11 is 6.41. The maximum atomic E-state index is 9.47. The van der Waals surface area contributed by atoms with Gasteiger partial charge >= 0.3 is 0 Å². The number of hydrogen-bond donors (Lipinski definition) is 2. The number of aliphatic hydroxyl groups excluding tert-OH is 2. The molecule has 2 N–H and O–H groups in total. The van der Waals surface area contributed by atoms with Crippen molar-refractivity contribution in [2.45, 2.75) is 12.2 Å². The van der Waals surface area contributed by atoms with E-state index in [-0.39, 0.29) is 13.2 Å². The smallest absolute Gasteiger partial charge is 0.119 e. The van der Waals surface area contributed by atoms with Crippen molar-refractivity contribution in [2.75, 3.05) is 23.9 Å². The minimum Gasteiger partial charge on any atom is -0.491 e. The Labute approximate surface area is 158 Å². The van der Waals surface area contributed by atoms with Crippen LogP contribution in [-0.4, -0.2) is 46.3 Å².